The maximum atomic E-state index is 11.9. The number of rotatable bonds is 3. The van der Waals surface area contributed by atoms with E-state index >= 15 is 0 Å². The van der Waals surface area contributed by atoms with Crippen LogP contribution in [0.4, 0.5) is 0 Å². The summed E-state index contributed by atoms with van der Waals surface area (Å²) < 4.78 is 2.05. The standard InChI is InChI=1S/C13H22N4O/c1-10(14)13(18)17-6-3-4-11(9-17)8-12-15-5-7-16(12)2/h5,7,10-11H,3-4,6,8-9,14H2,1-2H3/t10-,11-/m0/s1. The molecule has 0 saturated carbocycles. The van der Waals surface area contributed by atoms with Gasteiger partial charge in [-0.2, -0.15) is 0 Å². The quantitative estimate of drug-likeness (QED) is 0.852. The third-order valence-corrected chi connectivity index (χ3v) is 3.61. The molecule has 2 atom stereocenters. The molecule has 0 spiro atoms. The highest BCUT2D eigenvalue weighted by Crippen LogP contribution is 2.20. The molecule has 0 radical (unpaired) electrons. The average Bonchev–Trinajstić information content (AvgIpc) is 2.74. The molecule has 100 valence electrons. The summed E-state index contributed by atoms with van der Waals surface area (Å²) in [6.07, 6.45) is 6.95. The largest absolute Gasteiger partial charge is 0.341 e. The fourth-order valence-corrected chi connectivity index (χ4v) is 2.57. The third-order valence-electron chi connectivity index (χ3n) is 3.61. The van der Waals surface area contributed by atoms with E-state index in [0.29, 0.717) is 5.92 Å². The molecule has 18 heavy (non-hydrogen) atoms. The number of imidazole rings is 1. The maximum absolute atomic E-state index is 11.9. The van der Waals surface area contributed by atoms with E-state index < -0.39 is 6.04 Å². The van der Waals surface area contributed by atoms with Gasteiger partial charge in [-0.3, -0.25) is 4.79 Å². The molecule has 2 heterocycles. The van der Waals surface area contributed by atoms with Gasteiger partial charge in [-0.05, 0) is 25.7 Å². The van der Waals surface area contributed by atoms with Crippen LogP contribution in [0.25, 0.3) is 0 Å². The lowest BCUT2D eigenvalue weighted by Gasteiger charge is -2.33. The molecule has 0 aromatic carbocycles. The van der Waals surface area contributed by atoms with Gasteiger partial charge in [0.1, 0.15) is 5.82 Å². The zero-order chi connectivity index (χ0) is 13.1. The summed E-state index contributed by atoms with van der Waals surface area (Å²) in [5.74, 6) is 1.66. The smallest absolute Gasteiger partial charge is 0.239 e. The second-order valence-corrected chi connectivity index (χ2v) is 5.24. The van der Waals surface area contributed by atoms with Crippen molar-refractivity contribution in [2.75, 3.05) is 13.1 Å². The molecule has 1 aliphatic rings. The molecule has 1 fully saturated rings. The zero-order valence-corrected chi connectivity index (χ0v) is 11.2. The first-order valence-corrected chi connectivity index (χ1v) is 6.58. The Hall–Kier alpha value is -1.36. The maximum Gasteiger partial charge on any atom is 0.239 e. The number of aryl methyl sites for hydroxylation is 1. The van der Waals surface area contributed by atoms with E-state index in [9.17, 15) is 4.79 Å². The summed E-state index contributed by atoms with van der Waals surface area (Å²) in [6, 6.07) is -0.392. The number of hydrogen-bond acceptors (Lipinski definition) is 3. The van der Waals surface area contributed by atoms with Gasteiger partial charge < -0.3 is 15.2 Å². The second-order valence-electron chi connectivity index (χ2n) is 5.24. The van der Waals surface area contributed by atoms with Crippen molar-refractivity contribution in [3.05, 3.63) is 18.2 Å². The predicted molar refractivity (Wildman–Crippen MR) is 69.9 cm³/mol. The van der Waals surface area contributed by atoms with Gasteiger partial charge in [0, 0.05) is 39.0 Å². The first kappa shape index (κ1) is 13.1. The van der Waals surface area contributed by atoms with Crippen LogP contribution in [0.1, 0.15) is 25.6 Å². The minimum Gasteiger partial charge on any atom is -0.341 e. The molecular formula is C13H22N4O. The van der Waals surface area contributed by atoms with E-state index in [0.717, 1.165) is 38.2 Å². The number of hydrogen-bond donors (Lipinski definition) is 1. The Balaban J connectivity index is 1.95. The summed E-state index contributed by atoms with van der Waals surface area (Å²) in [5, 5.41) is 0. The predicted octanol–water partition coefficient (Wildman–Crippen LogP) is 0.548. The van der Waals surface area contributed by atoms with E-state index in [1.165, 1.54) is 0 Å². The fourth-order valence-electron chi connectivity index (χ4n) is 2.57. The van der Waals surface area contributed by atoms with Crippen LogP contribution >= 0.6 is 0 Å². The topological polar surface area (TPSA) is 64.2 Å². The first-order valence-electron chi connectivity index (χ1n) is 6.58. The molecule has 0 aliphatic carbocycles. The molecule has 1 aliphatic heterocycles. The molecule has 5 nitrogen and oxygen atoms in total. The number of piperidine rings is 1. The van der Waals surface area contributed by atoms with E-state index in [-0.39, 0.29) is 5.91 Å². The van der Waals surface area contributed by atoms with Gasteiger partial charge in [0.2, 0.25) is 5.91 Å². The Bertz CT molecular complexity index is 413. The van der Waals surface area contributed by atoms with Gasteiger partial charge in [-0.25, -0.2) is 4.98 Å². The monoisotopic (exact) mass is 250 g/mol. The van der Waals surface area contributed by atoms with E-state index in [4.69, 9.17) is 5.73 Å². The van der Waals surface area contributed by atoms with Crippen molar-refractivity contribution in [2.45, 2.75) is 32.2 Å². The van der Waals surface area contributed by atoms with Crippen molar-refractivity contribution < 1.29 is 4.79 Å². The molecule has 2 rings (SSSR count). The Kier molecular flexibility index (Phi) is 4.01. The van der Waals surface area contributed by atoms with Gasteiger partial charge in [0.25, 0.3) is 0 Å². The Labute approximate surface area is 108 Å². The van der Waals surface area contributed by atoms with Crippen molar-refractivity contribution in [3.8, 4) is 0 Å². The number of nitrogens with two attached hydrogens (primary N) is 1. The van der Waals surface area contributed by atoms with Crippen LogP contribution in [-0.4, -0.2) is 39.5 Å². The molecule has 5 heteroatoms. The van der Waals surface area contributed by atoms with Gasteiger partial charge >= 0.3 is 0 Å². The van der Waals surface area contributed by atoms with E-state index in [2.05, 4.69) is 4.98 Å². The minimum atomic E-state index is -0.392. The highest BCUT2D eigenvalue weighted by molar-refractivity contribution is 5.81. The number of nitrogens with zero attached hydrogens (tertiary/aromatic N) is 3. The van der Waals surface area contributed by atoms with Crippen LogP contribution in [-0.2, 0) is 18.3 Å². The van der Waals surface area contributed by atoms with Crippen LogP contribution in [0, 0.1) is 5.92 Å². The second kappa shape index (κ2) is 5.52. The lowest BCUT2D eigenvalue weighted by Crippen LogP contribution is -2.47. The number of carbonyl (C=O) groups is 1. The Morgan fingerprint density at radius 3 is 3.06 bits per heavy atom. The lowest BCUT2D eigenvalue weighted by molar-refractivity contribution is -0.134. The summed E-state index contributed by atoms with van der Waals surface area (Å²) in [4.78, 5) is 18.1. The summed E-state index contributed by atoms with van der Waals surface area (Å²) in [7, 11) is 2.01. The van der Waals surface area contributed by atoms with Crippen molar-refractivity contribution in [1.82, 2.24) is 14.5 Å². The van der Waals surface area contributed by atoms with Crippen molar-refractivity contribution >= 4 is 5.91 Å². The molecular weight excluding hydrogens is 228 g/mol. The first-order chi connectivity index (χ1) is 8.58. The van der Waals surface area contributed by atoms with Crippen molar-refractivity contribution in [3.63, 3.8) is 0 Å². The van der Waals surface area contributed by atoms with Crippen molar-refractivity contribution in [2.24, 2.45) is 18.7 Å². The number of likely N-dealkylation sites (tertiary alicyclic amines) is 1. The van der Waals surface area contributed by atoms with E-state index in [1.54, 1.807) is 6.92 Å². The third kappa shape index (κ3) is 2.90. The highest BCUT2D eigenvalue weighted by Gasteiger charge is 2.26. The highest BCUT2D eigenvalue weighted by atomic mass is 16.2. The normalized spacial score (nSPS) is 21.9. The molecule has 1 saturated heterocycles. The molecule has 0 bridgehead atoms. The minimum absolute atomic E-state index is 0.0690. The molecule has 1 aromatic heterocycles. The van der Waals surface area contributed by atoms with Gasteiger partial charge in [-0.1, -0.05) is 0 Å². The van der Waals surface area contributed by atoms with Crippen LogP contribution in [0.15, 0.2) is 12.4 Å². The molecule has 1 amide bonds. The summed E-state index contributed by atoms with van der Waals surface area (Å²) in [5.41, 5.74) is 5.66. The Morgan fingerprint density at radius 2 is 2.44 bits per heavy atom. The number of carbonyl (C=O) groups excluding carboxylic acids is 1. The fraction of sp³-hybridized carbons (Fsp3) is 0.692. The van der Waals surface area contributed by atoms with Crippen LogP contribution in [0.2, 0.25) is 0 Å². The van der Waals surface area contributed by atoms with Crippen LogP contribution < -0.4 is 5.73 Å². The number of amides is 1. The zero-order valence-electron chi connectivity index (χ0n) is 11.2. The Morgan fingerprint density at radius 1 is 1.67 bits per heavy atom. The van der Waals surface area contributed by atoms with Gasteiger partial charge in [0.05, 0.1) is 6.04 Å². The summed E-state index contributed by atoms with van der Waals surface area (Å²) in [6.45, 7) is 3.41. The number of aromatic nitrogens is 2. The lowest BCUT2D eigenvalue weighted by atomic mass is 9.94. The van der Waals surface area contributed by atoms with Crippen LogP contribution in [0.5, 0.6) is 0 Å². The van der Waals surface area contributed by atoms with Gasteiger partial charge in [0.15, 0.2) is 0 Å². The van der Waals surface area contributed by atoms with E-state index in [1.807, 2.05) is 28.9 Å². The molecule has 0 unspecified atom stereocenters. The van der Waals surface area contributed by atoms with Gasteiger partial charge in [-0.15, -0.1) is 0 Å². The molecule has 2 N–H and O–H groups in total. The van der Waals surface area contributed by atoms with Crippen LogP contribution in [0.3, 0.4) is 0 Å². The summed E-state index contributed by atoms with van der Waals surface area (Å²) >= 11 is 0. The molecule has 1 aromatic rings. The SMILES string of the molecule is C[C@H](N)C(=O)N1CCC[C@@H](Cc2nccn2C)C1. The van der Waals surface area contributed by atoms with Crippen molar-refractivity contribution in [1.29, 1.82) is 0 Å². The average molecular weight is 250 g/mol.